The Labute approximate surface area is 84.8 Å². The van der Waals surface area contributed by atoms with Gasteiger partial charge in [-0.25, -0.2) is 0 Å². The summed E-state index contributed by atoms with van der Waals surface area (Å²) >= 11 is 0. The average molecular weight is 191 g/mol. The molecule has 0 atom stereocenters. The van der Waals surface area contributed by atoms with E-state index in [9.17, 15) is 0 Å². The molecular weight excluding hydrogens is 174 g/mol. The molecule has 0 aromatic carbocycles. The van der Waals surface area contributed by atoms with Crippen molar-refractivity contribution < 1.29 is 0 Å². The summed E-state index contributed by atoms with van der Waals surface area (Å²) in [5.74, 6) is 0. The van der Waals surface area contributed by atoms with E-state index in [1.54, 1.807) is 0 Å². The lowest BCUT2D eigenvalue weighted by molar-refractivity contribution is 0.631. The summed E-state index contributed by atoms with van der Waals surface area (Å²) in [6.07, 6.45) is 4.65. The van der Waals surface area contributed by atoms with Gasteiger partial charge < -0.3 is 5.32 Å². The fourth-order valence-corrected chi connectivity index (χ4v) is 1.41. The van der Waals surface area contributed by atoms with E-state index in [0.29, 0.717) is 0 Å². The van der Waals surface area contributed by atoms with Gasteiger partial charge >= 0.3 is 0 Å². The van der Waals surface area contributed by atoms with Gasteiger partial charge in [-0.1, -0.05) is 6.58 Å². The van der Waals surface area contributed by atoms with Crippen LogP contribution in [0.15, 0.2) is 24.4 Å². The topological polar surface area (TPSA) is 29.9 Å². The summed E-state index contributed by atoms with van der Waals surface area (Å²) in [5, 5.41) is 7.76. The van der Waals surface area contributed by atoms with Gasteiger partial charge in [-0.05, 0) is 31.4 Å². The average Bonchev–Trinajstić information content (AvgIpc) is 2.88. The maximum atomic E-state index is 4.32. The Kier molecular flexibility index (Phi) is 2.68. The number of rotatable bonds is 5. The van der Waals surface area contributed by atoms with Crippen LogP contribution in [0, 0.1) is 6.92 Å². The Hall–Kier alpha value is -1.09. The van der Waals surface area contributed by atoms with Crippen LogP contribution >= 0.6 is 0 Å². The lowest BCUT2D eigenvalue weighted by Gasteiger charge is -2.06. The molecule has 3 heteroatoms. The quantitative estimate of drug-likeness (QED) is 0.715. The molecule has 1 aromatic rings. The van der Waals surface area contributed by atoms with E-state index >= 15 is 0 Å². The van der Waals surface area contributed by atoms with E-state index in [0.717, 1.165) is 24.8 Å². The number of aromatic nitrogens is 2. The van der Waals surface area contributed by atoms with Gasteiger partial charge in [0.2, 0.25) is 0 Å². The Balaban J connectivity index is 1.75. The van der Waals surface area contributed by atoms with Crippen molar-refractivity contribution in [1.82, 2.24) is 15.1 Å². The Morgan fingerprint density at radius 1 is 1.71 bits per heavy atom. The van der Waals surface area contributed by atoms with E-state index in [1.165, 1.54) is 18.4 Å². The van der Waals surface area contributed by atoms with Crippen LogP contribution in [-0.2, 0) is 6.54 Å². The molecule has 0 spiro atoms. The Morgan fingerprint density at radius 2 is 2.50 bits per heavy atom. The van der Waals surface area contributed by atoms with Gasteiger partial charge in [-0.3, -0.25) is 4.68 Å². The molecule has 14 heavy (non-hydrogen) atoms. The second kappa shape index (κ2) is 3.96. The van der Waals surface area contributed by atoms with Crippen molar-refractivity contribution in [2.24, 2.45) is 0 Å². The highest BCUT2D eigenvalue weighted by Gasteiger charge is 2.19. The molecule has 1 N–H and O–H groups in total. The molecule has 2 rings (SSSR count). The van der Waals surface area contributed by atoms with Crippen molar-refractivity contribution in [3.63, 3.8) is 0 Å². The lowest BCUT2D eigenvalue weighted by atomic mass is 10.3. The smallest absolute Gasteiger partial charge is 0.0629 e. The first-order chi connectivity index (χ1) is 6.74. The van der Waals surface area contributed by atoms with Crippen molar-refractivity contribution in [1.29, 1.82) is 0 Å². The van der Waals surface area contributed by atoms with Crippen LogP contribution in [0.3, 0.4) is 0 Å². The number of nitrogens with zero attached hydrogens (tertiary/aromatic N) is 2. The van der Waals surface area contributed by atoms with Gasteiger partial charge in [0.25, 0.3) is 0 Å². The minimum Gasteiger partial charge on any atom is -0.310 e. The second-order valence-electron chi connectivity index (χ2n) is 4.06. The number of nitrogens with one attached hydrogen (secondary N) is 1. The molecule has 1 heterocycles. The summed E-state index contributed by atoms with van der Waals surface area (Å²) in [5.41, 5.74) is 2.26. The summed E-state index contributed by atoms with van der Waals surface area (Å²) in [6.45, 7) is 7.78. The van der Waals surface area contributed by atoms with E-state index in [2.05, 4.69) is 17.0 Å². The molecule has 3 nitrogen and oxygen atoms in total. The number of hydrogen-bond acceptors (Lipinski definition) is 2. The van der Waals surface area contributed by atoms with Crippen LogP contribution in [0.25, 0.3) is 0 Å². The molecule has 0 bridgehead atoms. The van der Waals surface area contributed by atoms with Gasteiger partial charge in [0.05, 0.1) is 12.2 Å². The molecule has 0 saturated heterocycles. The number of hydrogen-bond donors (Lipinski definition) is 1. The van der Waals surface area contributed by atoms with Gasteiger partial charge in [-0.15, -0.1) is 0 Å². The van der Waals surface area contributed by atoms with E-state index in [-0.39, 0.29) is 0 Å². The first-order valence-corrected chi connectivity index (χ1v) is 5.14. The molecule has 0 aliphatic heterocycles. The third-order valence-corrected chi connectivity index (χ3v) is 2.38. The van der Waals surface area contributed by atoms with Crippen molar-refractivity contribution in [3.05, 3.63) is 30.1 Å². The van der Waals surface area contributed by atoms with Gasteiger partial charge in [0.1, 0.15) is 0 Å². The van der Waals surface area contributed by atoms with Crippen LogP contribution in [-0.4, -0.2) is 22.4 Å². The minimum absolute atomic E-state index is 0.756. The van der Waals surface area contributed by atoms with E-state index in [4.69, 9.17) is 0 Å². The maximum Gasteiger partial charge on any atom is 0.0629 e. The van der Waals surface area contributed by atoms with Crippen molar-refractivity contribution in [2.75, 3.05) is 6.54 Å². The predicted molar refractivity (Wildman–Crippen MR) is 57.1 cm³/mol. The monoisotopic (exact) mass is 191 g/mol. The highest BCUT2D eigenvalue weighted by Crippen LogP contribution is 2.18. The molecule has 1 aromatic heterocycles. The van der Waals surface area contributed by atoms with Crippen molar-refractivity contribution >= 4 is 0 Å². The minimum atomic E-state index is 0.756. The standard InChI is InChI=1S/C11H17N3/c1-9(7-12-11-3-4-11)8-14-6-5-10(2)13-14/h5-6,11-12H,1,3-4,7-8H2,2H3. The summed E-state index contributed by atoms with van der Waals surface area (Å²) in [7, 11) is 0. The first-order valence-electron chi connectivity index (χ1n) is 5.14. The summed E-state index contributed by atoms with van der Waals surface area (Å²) < 4.78 is 1.94. The van der Waals surface area contributed by atoms with Gasteiger partial charge in [0.15, 0.2) is 0 Å². The fraction of sp³-hybridized carbons (Fsp3) is 0.545. The second-order valence-corrected chi connectivity index (χ2v) is 4.06. The molecule has 0 radical (unpaired) electrons. The number of aryl methyl sites for hydroxylation is 1. The highest BCUT2D eigenvalue weighted by atomic mass is 15.3. The summed E-state index contributed by atoms with van der Waals surface area (Å²) in [6, 6.07) is 2.77. The lowest BCUT2D eigenvalue weighted by Crippen LogP contribution is -2.21. The normalized spacial score (nSPS) is 15.8. The predicted octanol–water partition coefficient (Wildman–Crippen LogP) is 1.50. The van der Waals surface area contributed by atoms with E-state index < -0.39 is 0 Å². The molecule has 0 unspecified atom stereocenters. The highest BCUT2D eigenvalue weighted by molar-refractivity contribution is 5.02. The molecule has 1 aliphatic carbocycles. The Bertz CT molecular complexity index is 323. The van der Waals surface area contributed by atoms with Crippen molar-refractivity contribution in [3.8, 4) is 0 Å². The maximum absolute atomic E-state index is 4.32. The Morgan fingerprint density at radius 3 is 3.07 bits per heavy atom. The third-order valence-electron chi connectivity index (χ3n) is 2.38. The molecular formula is C11H17N3. The van der Waals surface area contributed by atoms with Gasteiger partial charge in [0, 0.05) is 18.8 Å². The van der Waals surface area contributed by atoms with Gasteiger partial charge in [-0.2, -0.15) is 5.10 Å². The zero-order valence-electron chi connectivity index (χ0n) is 8.66. The largest absolute Gasteiger partial charge is 0.310 e. The zero-order valence-corrected chi connectivity index (χ0v) is 8.66. The third kappa shape index (κ3) is 2.70. The SMILES string of the molecule is C=C(CNC1CC1)Cn1ccc(C)n1. The molecule has 0 amide bonds. The first kappa shape index (κ1) is 9.46. The van der Waals surface area contributed by atoms with Crippen LogP contribution in [0.2, 0.25) is 0 Å². The van der Waals surface area contributed by atoms with Crippen molar-refractivity contribution in [2.45, 2.75) is 32.4 Å². The zero-order chi connectivity index (χ0) is 9.97. The molecule has 1 aliphatic rings. The van der Waals surface area contributed by atoms with Crippen LogP contribution in [0.1, 0.15) is 18.5 Å². The summed E-state index contributed by atoms with van der Waals surface area (Å²) in [4.78, 5) is 0. The molecule has 1 fully saturated rings. The van der Waals surface area contributed by atoms with Crippen LogP contribution in [0.5, 0.6) is 0 Å². The molecule has 76 valence electrons. The van der Waals surface area contributed by atoms with E-state index in [1.807, 2.05) is 23.9 Å². The fourth-order valence-electron chi connectivity index (χ4n) is 1.41. The van der Waals surface area contributed by atoms with Crippen LogP contribution in [0.4, 0.5) is 0 Å². The van der Waals surface area contributed by atoms with Crippen LogP contribution < -0.4 is 5.32 Å². The molecule has 1 saturated carbocycles.